The summed E-state index contributed by atoms with van der Waals surface area (Å²) in [5, 5.41) is 0. The Morgan fingerprint density at radius 3 is 1.85 bits per heavy atom. The Morgan fingerprint density at radius 2 is 1.19 bits per heavy atom. The highest BCUT2D eigenvalue weighted by atomic mass is 32.2. The molecule has 0 unspecified atom stereocenters. The lowest BCUT2D eigenvalue weighted by molar-refractivity contribution is -0.111. The molecule has 0 spiro atoms. The van der Waals surface area contributed by atoms with E-state index in [1.165, 1.54) is 6.08 Å². The van der Waals surface area contributed by atoms with Gasteiger partial charge in [0.05, 0.1) is 17.1 Å². The number of nitrogens with zero attached hydrogens (tertiary/aromatic N) is 1. The van der Waals surface area contributed by atoms with Gasteiger partial charge in [-0.05, 0) is 24.3 Å². The van der Waals surface area contributed by atoms with Crippen LogP contribution >= 0.6 is 11.8 Å². The van der Waals surface area contributed by atoms with Gasteiger partial charge in [-0.2, -0.15) is 0 Å². The number of Topliss-reactive ketones (excluding diaryl/α,β-unsaturated/α-hetero) is 1. The maximum atomic E-state index is 12.4. The molecule has 1 aliphatic heterocycles. The molecular weight excluding hydrogens is 342 g/mol. The summed E-state index contributed by atoms with van der Waals surface area (Å²) in [6.07, 6.45) is 1.47. The van der Waals surface area contributed by atoms with E-state index in [1.54, 1.807) is 23.9 Å². The number of carbonyl (C=O) groups excluding carboxylic acids is 2. The standard InChI is InChI=1S/C22H13NO2S/c24-19-13-18(14-7-1-2-8-15(14)22(19)25)23-16-9-3-5-11-20(16)26-21-12-6-4-10-17(21)23/h1-13H. The minimum Gasteiger partial charge on any atom is -0.307 e. The average Bonchev–Trinajstić information content (AvgIpc) is 2.69. The molecule has 0 amide bonds. The molecule has 0 saturated carbocycles. The lowest BCUT2D eigenvalue weighted by atomic mass is 9.91. The molecule has 26 heavy (non-hydrogen) atoms. The van der Waals surface area contributed by atoms with Crippen LogP contribution in [0.2, 0.25) is 0 Å². The molecule has 0 aromatic heterocycles. The van der Waals surface area contributed by atoms with E-state index < -0.39 is 11.6 Å². The summed E-state index contributed by atoms with van der Waals surface area (Å²) >= 11 is 1.71. The van der Waals surface area contributed by atoms with Crippen LogP contribution in [-0.2, 0) is 4.79 Å². The first-order valence-electron chi connectivity index (χ1n) is 8.30. The normalized spacial score (nSPS) is 15.1. The maximum absolute atomic E-state index is 12.4. The molecule has 0 saturated heterocycles. The second-order valence-electron chi connectivity index (χ2n) is 6.14. The first-order valence-corrected chi connectivity index (χ1v) is 9.11. The van der Waals surface area contributed by atoms with Gasteiger partial charge < -0.3 is 4.90 Å². The molecular formula is C22H13NO2S. The predicted octanol–water partition coefficient (Wildman–Crippen LogP) is 5.10. The fourth-order valence-electron chi connectivity index (χ4n) is 3.45. The number of benzene rings is 3. The number of carbonyl (C=O) groups is 2. The second kappa shape index (κ2) is 5.71. The van der Waals surface area contributed by atoms with E-state index in [4.69, 9.17) is 0 Å². The number of anilines is 2. The highest BCUT2D eigenvalue weighted by Gasteiger charge is 2.32. The maximum Gasteiger partial charge on any atom is 0.233 e. The van der Waals surface area contributed by atoms with Crippen LogP contribution in [0.15, 0.2) is 88.7 Å². The van der Waals surface area contributed by atoms with E-state index in [-0.39, 0.29) is 0 Å². The Balaban J connectivity index is 1.80. The van der Waals surface area contributed by atoms with E-state index in [0.29, 0.717) is 5.56 Å². The van der Waals surface area contributed by atoms with Crippen molar-refractivity contribution in [3.05, 3.63) is 90.0 Å². The average molecular weight is 355 g/mol. The van der Waals surface area contributed by atoms with Crippen LogP contribution in [0.25, 0.3) is 5.70 Å². The summed E-state index contributed by atoms with van der Waals surface area (Å²) in [6.45, 7) is 0. The van der Waals surface area contributed by atoms with Gasteiger partial charge in [0.1, 0.15) is 0 Å². The summed E-state index contributed by atoms with van der Waals surface area (Å²) in [5.74, 6) is -0.927. The SMILES string of the molecule is O=C1C=C(N2c3ccccc3Sc3ccccc32)c2ccccc2C1=O. The van der Waals surface area contributed by atoms with Gasteiger partial charge >= 0.3 is 0 Å². The van der Waals surface area contributed by atoms with Gasteiger partial charge in [-0.25, -0.2) is 0 Å². The fourth-order valence-corrected chi connectivity index (χ4v) is 4.51. The number of rotatable bonds is 1. The molecule has 4 heteroatoms. The predicted molar refractivity (Wildman–Crippen MR) is 103 cm³/mol. The molecule has 0 fully saturated rings. The molecule has 2 aliphatic rings. The Kier molecular flexibility index (Phi) is 3.33. The minimum atomic E-state index is -0.480. The van der Waals surface area contributed by atoms with Gasteiger partial charge in [-0.15, -0.1) is 0 Å². The summed E-state index contributed by atoms with van der Waals surface area (Å²) < 4.78 is 0. The summed E-state index contributed by atoms with van der Waals surface area (Å²) in [5.41, 5.74) is 4.01. The summed E-state index contributed by atoms with van der Waals surface area (Å²) in [6, 6.07) is 23.5. The third kappa shape index (κ3) is 2.16. The van der Waals surface area contributed by atoms with E-state index in [2.05, 4.69) is 17.0 Å². The molecule has 0 N–H and O–H groups in total. The molecule has 124 valence electrons. The smallest absolute Gasteiger partial charge is 0.233 e. The topological polar surface area (TPSA) is 37.4 Å². The number of hydrogen-bond donors (Lipinski definition) is 0. The van der Waals surface area contributed by atoms with E-state index in [9.17, 15) is 9.59 Å². The number of fused-ring (bicyclic) bond motifs is 3. The van der Waals surface area contributed by atoms with Crippen molar-refractivity contribution in [1.82, 2.24) is 0 Å². The molecule has 3 aromatic rings. The fraction of sp³-hybridized carbons (Fsp3) is 0. The number of hydrogen-bond acceptors (Lipinski definition) is 4. The van der Waals surface area contributed by atoms with Crippen LogP contribution in [-0.4, -0.2) is 11.6 Å². The van der Waals surface area contributed by atoms with Crippen LogP contribution < -0.4 is 4.90 Å². The Bertz CT molecular complexity index is 1070. The van der Waals surface area contributed by atoms with Crippen molar-refractivity contribution in [3.63, 3.8) is 0 Å². The lowest BCUT2D eigenvalue weighted by Crippen LogP contribution is -2.27. The van der Waals surface area contributed by atoms with Crippen molar-refractivity contribution in [2.24, 2.45) is 0 Å². The van der Waals surface area contributed by atoms with Crippen molar-refractivity contribution in [2.45, 2.75) is 9.79 Å². The molecule has 1 heterocycles. The minimum absolute atomic E-state index is 0.447. The van der Waals surface area contributed by atoms with Crippen molar-refractivity contribution in [3.8, 4) is 0 Å². The molecule has 3 aromatic carbocycles. The summed E-state index contributed by atoms with van der Waals surface area (Å²) in [7, 11) is 0. The molecule has 0 radical (unpaired) electrons. The molecule has 1 aliphatic carbocycles. The van der Waals surface area contributed by atoms with Gasteiger partial charge in [-0.3, -0.25) is 9.59 Å². The van der Waals surface area contributed by atoms with Gasteiger partial charge in [0.15, 0.2) is 0 Å². The largest absolute Gasteiger partial charge is 0.307 e. The van der Waals surface area contributed by atoms with Crippen molar-refractivity contribution in [1.29, 1.82) is 0 Å². The van der Waals surface area contributed by atoms with Crippen LogP contribution in [0.5, 0.6) is 0 Å². The lowest BCUT2D eigenvalue weighted by Gasteiger charge is -2.35. The van der Waals surface area contributed by atoms with E-state index >= 15 is 0 Å². The van der Waals surface area contributed by atoms with Gasteiger partial charge in [0.2, 0.25) is 11.6 Å². The Hall–Kier alpha value is -3.11. The zero-order valence-corrected chi connectivity index (χ0v) is 14.5. The van der Waals surface area contributed by atoms with Gasteiger partial charge in [-0.1, -0.05) is 60.3 Å². The number of para-hydroxylation sites is 2. The Labute approximate surface area is 155 Å². The summed E-state index contributed by atoms with van der Waals surface area (Å²) in [4.78, 5) is 29.0. The first kappa shape index (κ1) is 15.2. The van der Waals surface area contributed by atoms with Gasteiger partial charge in [0, 0.05) is 27.0 Å². The highest BCUT2D eigenvalue weighted by molar-refractivity contribution is 7.99. The van der Waals surface area contributed by atoms with Crippen LogP contribution in [0, 0.1) is 0 Å². The zero-order chi connectivity index (χ0) is 17.7. The van der Waals surface area contributed by atoms with Crippen molar-refractivity contribution < 1.29 is 9.59 Å². The molecule has 3 nitrogen and oxygen atoms in total. The zero-order valence-electron chi connectivity index (χ0n) is 13.7. The monoisotopic (exact) mass is 355 g/mol. The van der Waals surface area contributed by atoms with Crippen molar-refractivity contribution >= 4 is 40.4 Å². The first-order chi connectivity index (χ1) is 12.7. The quantitative estimate of drug-likeness (QED) is 0.570. The van der Waals surface area contributed by atoms with Crippen molar-refractivity contribution in [2.75, 3.05) is 4.90 Å². The highest BCUT2D eigenvalue weighted by Crippen LogP contribution is 2.51. The Morgan fingerprint density at radius 1 is 0.654 bits per heavy atom. The molecule has 0 atom stereocenters. The second-order valence-corrected chi connectivity index (χ2v) is 7.23. The molecule has 5 rings (SSSR count). The third-order valence-corrected chi connectivity index (χ3v) is 5.74. The third-order valence-electron chi connectivity index (χ3n) is 4.61. The number of ketones is 2. The number of allylic oxidation sites excluding steroid dienone is 1. The van der Waals surface area contributed by atoms with E-state index in [1.807, 2.05) is 48.5 Å². The molecule has 0 bridgehead atoms. The van der Waals surface area contributed by atoms with E-state index in [0.717, 1.165) is 32.4 Å². The van der Waals surface area contributed by atoms with Crippen LogP contribution in [0.3, 0.4) is 0 Å². The van der Waals surface area contributed by atoms with Crippen LogP contribution in [0.4, 0.5) is 11.4 Å². The van der Waals surface area contributed by atoms with Gasteiger partial charge in [0.25, 0.3) is 0 Å². The van der Waals surface area contributed by atoms with Crippen LogP contribution in [0.1, 0.15) is 15.9 Å².